The maximum atomic E-state index is 12.3. The molecule has 0 radical (unpaired) electrons. The molecule has 1 amide bonds. The molecule has 1 rings (SSSR count). The highest BCUT2D eigenvalue weighted by Crippen LogP contribution is 2.15. The van der Waals surface area contributed by atoms with Crippen molar-refractivity contribution in [2.75, 3.05) is 13.7 Å². The first-order valence-electron chi connectivity index (χ1n) is 7.93. The van der Waals surface area contributed by atoms with E-state index in [0.717, 1.165) is 19.3 Å². The van der Waals surface area contributed by atoms with E-state index in [4.69, 9.17) is 9.84 Å². The van der Waals surface area contributed by atoms with Gasteiger partial charge in [-0.3, -0.25) is 9.59 Å². The second-order valence-corrected chi connectivity index (χ2v) is 6.33. The molecule has 5 nitrogen and oxygen atoms in total. The van der Waals surface area contributed by atoms with E-state index < -0.39 is 11.5 Å². The fourth-order valence-electron chi connectivity index (χ4n) is 2.59. The number of rotatable bonds is 10. The minimum atomic E-state index is -0.957. The van der Waals surface area contributed by atoms with Crippen molar-refractivity contribution in [3.05, 3.63) is 35.9 Å². The van der Waals surface area contributed by atoms with Crippen LogP contribution in [0.1, 0.15) is 38.7 Å². The molecule has 0 aliphatic carbocycles. The summed E-state index contributed by atoms with van der Waals surface area (Å²) in [6.45, 7) is 3.73. The van der Waals surface area contributed by atoms with Gasteiger partial charge in [-0.25, -0.2) is 0 Å². The Morgan fingerprint density at radius 1 is 1.30 bits per heavy atom. The van der Waals surface area contributed by atoms with E-state index in [2.05, 4.69) is 17.4 Å². The summed E-state index contributed by atoms with van der Waals surface area (Å²) >= 11 is 0. The molecule has 0 heterocycles. The van der Waals surface area contributed by atoms with Gasteiger partial charge in [0.25, 0.3) is 0 Å². The predicted molar refractivity (Wildman–Crippen MR) is 89.2 cm³/mol. The van der Waals surface area contributed by atoms with Gasteiger partial charge in [0.1, 0.15) is 0 Å². The number of nitrogens with one attached hydrogen (secondary N) is 1. The number of carboxylic acids is 1. The Balaban J connectivity index is 2.46. The number of aliphatic carboxylic acids is 1. The summed E-state index contributed by atoms with van der Waals surface area (Å²) in [4.78, 5) is 23.3. The number of hydrogen-bond donors (Lipinski definition) is 2. The van der Waals surface area contributed by atoms with Crippen LogP contribution in [0.15, 0.2) is 30.3 Å². The summed E-state index contributed by atoms with van der Waals surface area (Å²) in [5.41, 5.74) is 0.376. The van der Waals surface area contributed by atoms with Gasteiger partial charge in [-0.1, -0.05) is 37.3 Å². The van der Waals surface area contributed by atoms with Crippen LogP contribution < -0.4 is 5.32 Å². The third-order valence-electron chi connectivity index (χ3n) is 3.82. The smallest absolute Gasteiger partial charge is 0.305 e. The van der Waals surface area contributed by atoms with Crippen LogP contribution in [0, 0.1) is 5.92 Å². The van der Waals surface area contributed by atoms with Gasteiger partial charge in [0.2, 0.25) is 5.91 Å². The van der Waals surface area contributed by atoms with Gasteiger partial charge in [-0.15, -0.1) is 0 Å². The van der Waals surface area contributed by atoms with E-state index in [0.29, 0.717) is 0 Å². The molecule has 0 saturated carbocycles. The molecule has 0 spiro atoms. The molecular formula is C18H27NO4. The lowest BCUT2D eigenvalue weighted by Gasteiger charge is -2.30. The minimum Gasteiger partial charge on any atom is -0.481 e. The molecule has 1 aromatic rings. The van der Waals surface area contributed by atoms with Crippen molar-refractivity contribution in [1.82, 2.24) is 5.32 Å². The number of methoxy groups -OCH3 is 1. The summed E-state index contributed by atoms with van der Waals surface area (Å²) in [5, 5.41) is 11.8. The van der Waals surface area contributed by atoms with Crippen molar-refractivity contribution in [2.45, 2.75) is 45.1 Å². The number of carboxylic acid groups (broad SMARTS) is 1. The van der Waals surface area contributed by atoms with Gasteiger partial charge in [0.05, 0.1) is 18.6 Å². The van der Waals surface area contributed by atoms with E-state index in [1.807, 2.05) is 25.1 Å². The number of aryl methyl sites for hydroxylation is 1. The lowest BCUT2D eigenvalue weighted by atomic mass is 9.95. The Morgan fingerprint density at radius 3 is 2.52 bits per heavy atom. The molecule has 0 aromatic heterocycles. The Morgan fingerprint density at radius 2 is 1.96 bits per heavy atom. The number of carbonyl (C=O) groups excluding carboxylic acids is 1. The topological polar surface area (TPSA) is 75.6 Å². The zero-order chi connectivity index (χ0) is 17.3. The standard InChI is InChI=1S/C18H27NO4/c1-14(8-7-11-15-9-5-4-6-10-15)17(22)19-18(2,13-23-3)12-16(20)21/h4-6,9-10,14H,7-8,11-13H2,1-3H3,(H,19,22)(H,20,21). The van der Waals surface area contributed by atoms with Crippen LogP contribution in [0.3, 0.4) is 0 Å². The quantitative estimate of drug-likeness (QED) is 0.694. The number of ether oxygens (including phenoxy) is 1. The second-order valence-electron chi connectivity index (χ2n) is 6.33. The average molecular weight is 321 g/mol. The zero-order valence-electron chi connectivity index (χ0n) is 14.2. The molecule has 0 aliphatic heterocycles. The molecule has 5 heteroatoms. The Labute approximate surface area is 138 Å². The van der Waals surface area contributed by atoms with Gasteiger partial charge < -0.3 is 15.2 Å². The molecular weight excluding hydrogens is 294 g/mol. The Bertz CT molecular complexity index is 503. The molecule has 0 bridgehead atoms. The van der Waals surface area contributed by atoms with Gasteiger partial charge in [0.15, 0.2) is 0 Å². The van der Waals surface area contributed by atoms with E-state index in [-0.39, 0.29) is 24.9 Å². The molecule has 0 aliphatic rings. The maximum absolute atomic E-state index is 12.3. The van der Waals surface area contributed by atoms with E-state index >= 15 is 0 Å². The van der Waals surface area contributed by atoms with Crippen LogP contribution in [-0.2, 0) is 20.7 Å². The number of amides is 1. The van der Waals surface area contributed by atoms with Crippen molar-refractivity contribution in [2.24, 2.45) is 5.92 Å². The summed E-state index contributed by atoms with van der Waals surface area (Å²) in [6, 6.07) is 10.2. The molecule has 2 atom stereocenters. The van der Waals surface area contributed by atoms with Gasteiger partial charge in [-0.05, 0) is 31.7 Å². The largest absolute Gasteiger partial charge is 0.481 e. The number of carbonyl (C=O) groups is 2. The first kappa shape index (κ1) is 19.2. The van der Waals surface area contributed by atoms with Crippen molar-refractivity contribution in [1.29, 1.82) is 0 Å². The molecule has 23 heavy (non-hydrogen) atoms. The van der Waals surface area contributed by atoms with Gasteiger partial charge in [0, 0.05) is 13.0 Å². The lowest BCUT2D eigenvalue weighted by molar-refractivity contribution is -0.140. The van der Waals surface area contributed by atoms with Crippen LogP contribution in [-0.4, -0.2) is 36.2 Å². The molecule has 2 unspecified atom stereocenters. The Kier molecular flexibility index (Phi) is 7.75. The van der Waals surface area contributed by atoms with E-state index in [9.17, 15) is 9.59 Å². The van der Waals surface area contributed by atoms with Crippen molar-refractivity contribution in [3.63, 3.8) is 0 Å². The SMILES string of the molecule is COCC(C)(CC(=O)O)NC(=O)C(C)CCCc1ccccc1. The average Bonchev–Trinajstić information content (AvgIpc) is 2.47. The normalized spacial score (nSPS) is 14.7. The number of benzene rings is 1. The van der Waals surface area contributed by atoms with Crippen LogP contribution in [0.4, 0.5) is 0 Å². The van der Waals surface area contributed by atoms with E-state index in [1.54, 1.807) is 6.92 Å². The monoisotopic (exact) mass is 321 g/mol. The van der Waals surface area contributed by atoms with E-state index in [1.165, 1.54) is 12.7 Å². The van der Waals surface area contributed by atoms with Crippen LogP contribution in [0.25, 0.3) is 0 Å². The van der Waals surface area contributed by atoms with Crippen molar-refractivity contribution >= 4 is 11.9 Å². The molecule has 128 valence electrons. The maximum Gasteiger partial charge on any atom is 0.305 e. The second kappa shape index (κ2) is 9.30. The molecule has 2 N–H and O–H groups in total. The van der Waals surface area contributed by atoms with Crippen molar-refractivity contribution in [3.8, 4) is 0 Å². The molecule has 0 saturated heterocycles. The first-order chi connectivity index (χ1) is 10.9. The van der Waals surface area contributed by atoms with Crippen LogP contribution >= 0.6 is 0 Å². The van der Waals surface area contributed by atoms with Crippen LogP contribution in [0.5, 0.6) is 0 Å². The first-order valence-corrected chi connectivity index (χ1v) is 7.93. The fraction of sp³-hybridized carbons (Fsp3) is 0.556. The third kappa shape index (κ3) is 7.28. The highest BCUT2D eigenvalue weighted by molar-refractivity contribution is 5.80. The van der Waals surface area contributed by atoms with Crippen LogP contribution in [0.2, 0.25) is 0 Å². The zero-order valence-corrected chi connectivity index (χ0v) is 14.2. The third-order valence-corrected chi connectivity index (χ3v) is 3.82. The molecule has 0 fully saturated rings. The summed E-state index contributed by atoms with van der Waals surface area (Å²) in [7, 11) is 1.50. The number of hydrogen-bond acceptors (Lipinski definition) is 3. The van der Waals surface area contributed by atoms with Gasteiger partial charge in [-0.2, -0.15) is 0 Å². The molecule has 1 aromatic carbocycles. The Hall–Kier alpha value is -1.88. The fourth-order valence-corrected chi connectivity index (χ4v) is 2.59. The lowest BCUT2D eigenvalue weighted by Crippen LogP contribution is -2.52. The summed E-state index contributed by atoms with van der Waals surface area (Å²) in [5.74, 6) is -1.25. The highest BCUT2D eigenvalue weighted by atomic mass is 16.5. The van der Waals surface area contributed by atoms with Gasteiger partial charge >= 0.3 is 5.97 Å². The van der Waals surface area contributed by atoms with Crippen molar-refractivity contribution < 1.29 is 19.4 Å². The summed E-state index contributed by atoms with van der Waals surface area (Å²) < 4.78 is 5.05. The summed E-state index contributed by atoms with van der Waals surface area (Å²) in [6.07, 6.45) is 2.45. The highest BCUT2D eigenvalue weighted by Gasteiger charge is 2.30. The predicted octanol–water partition coefficient (Wildman–Crippen LogP) is 2.64. The minimum absolute atomic E-state index is 0.126.